The summed E-state index contributed by atoms with van der Waals surface area (Å²) in [6.07, 6.45) is 0. The van der Waals surface area contributed by atoms with Crippen LogP contribution in [0.25, 0.3) is 88.6 Å². The maximum atomic E-state index is 5.51. The van der Waals surface area contributed by atoms with Crippen molar-refractivity contribution in [3.8, 4) is 68.7 Å². The fourth-order valence-corrected chi connectivity index (χ4v) is 11.7. The van der Waals surface area contributed by atoms with Crippen molar-refractivity contribution in [3.63, 3.8) is 0 Å². The van der Waals surface area contributed by atoms with Crippen LogP contribution in [0.15, 0.2) is 133 Å². The number of aromatic nitrogens is 4. The van der Waals surface area contributed by atoms with E-state index in [-0.39, 0.29) is 0 Å². The normalized spacial score (nSPS) is 11.3. The number of benzene rings is 7. The van der Waals surface area contributed by atoms with E-state index in [9.17, 15) is 0 Å². The number of aryl methyl sites for hydroxylation is 12. The predicted molar refractivity (Wildman–Crippen MR) is 311 cm³/mol. The van der Waals surface area contributed by atoms with Crippen molar-refractivity contribution in [1.82, 2.24) is 19.9 Å². The minimum atomic E-state index is 0.865. The van der Waals surface area contributed by atoms with Gasteiger partial charge in [-0.2, -0.15) is 0 Å². The second-order valence-corrected chi connectivity index (χ2v) is 20.8. The van der Waals surface area contributed by atoms with E-state index in [1.165, 1.54) is 77.9 Å². The average molecular weight is 955 g/mol. The lowest BCUT2D eigenvalue weighted by atomic mass is 9.93. The monoisotopic (exact) mass is 954 g/mol. The van der Waals surface area contributed by atoms with E-state index in [1.54, 1.807) is 0 Å². The third kappa shape index (κ3) is 8.78. The van der Waals surface area contributed by atoms with Crippen molar-refractivity contribution < 1.29 is 0 Å². The van der Waals surface area contributed by atoms with Crippen LogP contribution >= 0.6 is 0 Å². The molecule has 0 atom stereocenters. The van der Waals surface area contributed by atoms with Crippen LogP contribution in [0.5, 0.6) is 0 Å². The molecule has 358 valence electrons. The van der Waals surface area contributed by atoms with Gasteiger partial charge in [0.05, 0.1) is 56.0 Å². The van der Waals surface area contributed by atoms with Crippen LogP contribution in [0.1, 0.15) is 89.0 Å². The van der Waals surface area contributed by atoms with E-state index < -0.39 is 0 Å². The minimum Gasteiger partial charge on any atom is -0.245 e. The Balaban J connectivity index is 0.991. The molecule has 4 nitrogen and oxygen atoms in total. The van der Waals surface area contributed by atoms with Gasteiger partial charge in [-0.1, -0.05) is 131 Å². The molecule has 4 aromatic heterocycles. The third-order valence-corrected chi connectivity index (χ3v) is 14.6. The Kier molecular flexibility index (Phi) is 12.0. The molecule has 0 bridgehead atoms. The first-order chi connectivity index (χ1) is 35.6. The maximum absolute atomic E-state index is 5.51. The van der Waals surface area contributed by atoms with E-state index in [0.717, 1.165) is 99.8 Å². The Bertz CT molecular complexity index is 3950. The molecule has 0 radical (unpaired) electrons. The topological polar surface area (TPSA) is 51.6 Å². The SMILES string of the molecule is Cc1cc(C)c(-c2ccc3ccc4cc(C#Cc5ccc(C#Cc6cc7ccc8ccc(-c9c(C)cc(C)cc9C)nc8c7nc6-c6c(C)cc(C)cc6C)cc5)c(-c5c(C)cc(C)cc5C)nc4c3n2)c(C)c1. The summed E-state index contributed by atoms with van der Waals surface area (Å²) in [5.74, 6) is 14.2. The van der Waals surface area contributed by atoms with E-state index in [4.69, 9.17) is 19.9 Å². The molecule has 0 aliphatic rings. The molecule has 74 heavy (non-hydrogen) atoms. The highest BCUT2D eigenvalue weighted by Crippen LogP contribution is 2.38. The van der Waals surface area contributed by atoms with Crippen molar-refractivity contribution in [1.29, 1.82) is 0 Å². The van der Waals surface area contributed by atoms with Crippen molar-refractivity contribution in [2.45, 2.75) is 83.1 Å². The van der Waals surface area contributed by atoms with Gasteiger partial charge in [0.25, 0.3) is 0 Å². The summed E-state index contributed by atoms with van der Waals surface area (Å²) in [6.45, 7) is 25.9. The molecule has 0 saturated heterocycles. The molecule has 0 spiro atoms. The predicted octanol–water partition coefficient (Wildman–Crippen LogP) is 17.0. The Morgan fingerprint density at radius 2 is 0.527 bits per heavy atom. The van der Waals surface area contributed by atoms with Crippen LogP contribution in [0.3, 0.4) is 0 Å². The molecular formula is C70H58N4. The van der Waals surface area contributed by atoms with Gasteiger partial charge in [-0.15, -0.1) is 0 Å². The van der Waals surface area contributed by atoms with E-state index in [0.29, 0.717) is 0 Å². The lowest BCUT2D eigenvalue weighted by molar-refractivity contribution is 1.27. The van der Waals surface area contributed by atoms with Crippen molar-refractivity contribution >= 4 is 43.6 Å². The Labute approximate surface area is 435 Å². The minimum absolute atomic E-state index is 0.865. The third-order valence-electron chi connectivity index (χ3n) is 14.6. The summed E-state index contributed by atoms with van der Waals surface area (Å²) in [6, 6.07) is 47.7. The Morgan fingerprint density at radius 3 is 0.851 bits per heavy atom. The highest BCUT2D eigenvalue weighted by molar-refractivity contribution is 6.06. The van der Waals surface area contributed by atoms with Gasteiger partial charge in [-0.3, -0.25) is 0 Å². The lowest BCUT2D eigenvalue weighted by Crippen LogP contribution is -1.99. The first kappa shape index (κ1) is 47.6. The molecular weight excluding hydrogens is 897 g/mol. The quantitative estimate of drug-likeness (QED) is 0.130. The molecule has 0 N–H and O–H groups in total. The van der Waals surface area contributed by atoms with Crippen LogP contribution in [0, 0.1) is 107 Å². The second kappa shape index (κ2) is 18.7. The fourth-order valence-electron chi connectivity index (χ4n) is 11.7. The molecule has 0 unspecified atom stereocenters. The number of rotatable bonds is 4. The Morgan fingerprint density at radius 1 is 0.257 bits per heavy atom. The molecule has 0 aliphatic carbocycles. The average Bonchev–Trinajstić information content (AvgIpc) is 3.36. The smallest absolute Gasteiger partial charge is 0.0973 e. The van der Waals surface area contributed by atoms with Crippen LogP contribution in [-0.4, -0.2) is 19.9 Å². The first-order valence-corrected chi connectivity index (χ1v) is 25.5. The van der Waals surface area contributed by atoms with Crippen LogP contribution in [-0.2, 0) is 0 Å². The molecule has 0 amide bonds. The largest absolute Gasteiger partial charge is 0.245 e. The lowest BCUT2D eigenvalue weighted by Gasteiger charge is -2.15. The Hall–Kier alpha value is -8.70. The summed E-state index contributed by atoms with van der Waals surface area (Å²) in [7, 11) is 0. The molecule has 0 fully saturated rings. The zero-order valence-corrected chi connectivity index (χ0v) is 44.5. The van der Waals surface area contributed by atoms with Gasteiger partial charge in [0.1, 0.15) is 0 Å². The molecule has 0 aliphatic heterocycles. The number of nitrogens with zero attached hydrogens (tertiary/aromatic N) is 4. The van der Waals surface area contributed by atoms with Crippen molar-refractivity contribution in [2.24, 2.45) is 0 Å². The number of hydrogen-bond donors (Lipinski definition) is 0. The van der Waals surface area contributed by atoms with Gasteiger partial charge in [-0.25, -0.2) is 19.9 Å². The van der Waals surface area contributed by atoms with Crippen LogP contribution in [0.2, 0.25) is 0 Å². The first-order valence-electron chi connectivity index (χ1n) is 25.5. The van der Waals surface area contributed by atoms with Crippen molar-refractivity contribution in [2.75, 3.05) is 0 Å². The fraction of sp³-hybridized carbons (Fsp3) is 0.171. The molecule has 7 aromatic carbocycles. The second-order valence-electron chi connectivity index (χ2n) is 20.8. The van der Waals surface area contributed by atoms with Gasteiger partial charge in [-0.05, 0) is 176 Å². The van der Waals surface area contributed by atoms with Gasteiger partial charge < -0.3 is 0 Å². The zero-order valence-electron chi connectivity index (χ0n) is 44.5. The molecule has 11 aromatic rings. The molecule has 4 heterocycles. The number of fused-ring (bicyclic) bond motifs is 6. The standard InChI is InChI=1S/C70H58N4/c1-39-29-43(5)61(44(6)30-39)59-27-25-53-21-23-57-37-55(65(73-69(57)67(53)71-59)63-47(9)33-41(3)34-48(63)10)19-17-51-13-15-52(16-14-51)18-20-56-38-58-24-22-54-26-28-60(62-45(7)31-40(2)32-46(62)8)72-68(54)70(58)74-66(56)64-49(11)35-42(4)36-50(64)12/h13-16,21-38H,1-12H3. The summed E-state index contributed by atoms with van der Waals surface area (Å²) >= 11 is 0. The highest BCUT2D eigenvalue weighted by atomic mass is 14.8. The molecule has 0 saturated carbocycles. The van der Waals surface area contributed by atoms with Gasteiger partial charge >= 0.3 is 0 Å². The summed E-state index contributed by atoms with van der Waals surface area (Å²) in [5, 5.41) is 4.11. The maximum Gasteiger partial charge on any atom is 0.0973 e. The van der Waals surface area contributed by atoms with Crippen LogP contribution in [0.4, 0.5) is 0 Å². The molecule has 4 heteroatoms. The number of pyridine rings is 4. The van der Waals surface area contributed by atoms with Crippen LogP contribution < -0.4 is 0 Å². The summed E-state index contributed by atoms with van der Waals surface area (Å²) < 4.78 is 0. The molecule has 11 rings (SSSR count). The van der Waals surface area contributed by atoms with Gasteiger partial charge in [0.2, 0.25) is 0 Å². The van der Waals surface area contributed by atoms with Gasteiger partial charge in [0, 0.05) is 54.9 Å². The summed E-state index contributed by atoms with van der Waals surface area (Å²) in [5.41, 5.74) is 29.7. The van der Waals surface area contributed by atoms with Gasteiger partial charge in [0.15, 0.2) is 0 Å². The van der Waals surface area contributed by atoms with E-state index in [1.807, 2.05) is 0 Å². The zero-order chi connectivity index (χ0) is 51.7. The van der Waals surface area contributed by atoms with E-state index >= 15 is 0 Å². The number of hydrogen-bond acceptors (Lipinski definition) is 4. The highest BCUT2D eigenvalue weighted by Gasteiger charge is 2.19. The van der Waals surface area contributed by atoms with Crippen molar-refractivity contribution in [3.05, 3.63) is 222 Å². The summed E-state index contributed by atoms with van der Waals surface area (Å²) in [4.78, 5) is 21.7. The van der Waals surface area contributed by atoms with E-state index in [2.05, 4.69) is 240 Å².